The lowest BCUT2D eigenvalue weighted by Crippen LogP contribution is -2.29. The summed E-state index contributed by atoms with van der Waals surface area (Å²) in [6.45, 7) is 8.38. The highest BCUT2D eigenvalue weighted by molar-refractivity contribution is 5.80. The number of hydrogen-bond acceptors (Lipinski definition) is 4. The van der Waals surface area contributed by atoms with Crippen LogP contribution in [0.3, 0.4) is 0 Å². The normalized spacial score (nSPS) is 20.5. The van der Waals surface area contributed by atoms with E-state index in [9.17, 15) is 0 Å². The highest BCUT2D eigenvalue weighted by atomic mass is 15.2. The van der Waals surface area contributed by atoms with E-state index in [1.54, 1.807) is 0 Å². The van der Waals surface area contributed by atoms with Crippen LogP contribution in [0.25, 0.3) is 0 Å². The van der Waals surface area contributed by atoms with Crippen LogP contribution in [0.5, 0.6) is 0 Å². The van der Waals surface area contributed by atoms with E-state index in [1.807, 2.05) is 6.92 Å². The number of nitrogens with zero attached hydrogens (tertiary/aromatic N) is 4. The molecule has 0 aromatic carbocycles. The molecule has 0 amide bonds. The second kappa shape index (κ2) is 5.73. The van der Waals surface area contributed by atoms with Crippen molar-refractivity contribution in [1.82, 2.24) is 9.80 Å². The summed E-state index contributed by atoms with van der Waals surface area (Å²) < 4.78 is 0. The Bertz CT molecular complexity index is 257. The summed E-state index contributed by atoms with van der Waals surface area (Å²) in [5.74, 6) is 2.34. The van der Waals surface area contributed by atoms with Gasteiger partial charge in [-0.05, 0) is 20.3 Å². The second-order valence-corrected chi connectivity index (χ2v) is 4.05. The minimum Gasteiger partial charge on any atom is -0.364 e. The van der Waals surface area contributed by atoms with Crippen LogP contribution in [-0.4, -0.2) is 61.7 Å². The fraction of sp³-hybridized carbons (Fsp3) is 0.818. The number of hydrogen-bond donors (Lipinski definition) is 0. The molecule has 4 heteroatoms. The van der Waals surface area contributed by atoms with Crippen LogP contribution in [0.2, 0.25) is 0 Å². The van der Waals surface area contributed by atoms with E-state index in [2.05, 4.69) is 40.8 Å². The molecule has 0 fully saturated rings. The van der Waals surface area contributed by atoms with Crippen molar-refractivity contribution in [2.24, 2.45) is 9.98 Å². The van der Waals surface area contributed by atoms with Crippen LogP contribution in [-0.2, 0) is 0 Å². The maximum atomic E-state index is 4.25. The first-order valence-electron chi connectivity index (χ1n) is 5.55. The van der Waals surface area contributed by atoms with Gasteiger partial charge in [0.1, 0.15) is 0 Å². The maximum absolute atomic E-state index is 4.25. The van der Waals surface area contributed by atoms with Crippen LogP contribution >= 0.6 is 0 Å². The quantitative estimate of drug-likeness (QED) is 0.599. The Balaban J connectivity index is 0.000000151. The molecule has 4 nitrogen and oxygen atoms in total. The Kier molecular flexibility index (Phi) is 4.59. The molecule has 0 radical (unpaired) electrons. The fourth-order valence-electron chi connectivity index (χ4n) is 1.48. The van der Waals surface area contributed by atoms with Gasteiger partial charge in [-0.3, -0.25) is 9.98 Å². The van der Waals surface area contributed by atoms with Crippen molar-refractivity contribution < 1.29 is 0 Å². The van der Waals surface area contributed by atoms with Gasteiger partial charge in [0.2, 0.25) is 0 Å². The van der Waals surface area contributed by atoms with Gasteiger partial charge in [0.15, 0.2) is 0 Å². The van der Waals surface area contributed by atoms with Gasteiger partial charge in [-0.2, -0.15) is 0 Å². The molecule has 0 bridgehead atoms. The highest BCUT2D eigenvalue weighted by Crippen LogP contribution is 1.97. The SMILES string of the molecule is CC1=NCCCN1C.CC1=NCCN1C. The predicted octanol–water partition coefficient (Wildman–Crippen LogP) is 1.09. The van der Waals surface area contributed by atoms with Crippen molar-refractivity contribution in [3.8, 4) is 0 Å². The third-order valence-electron chi connectivity index (χ3n) is 2.87. The Morgan fingerprint density at radius 1 is 0.867 bits per heavy atom. The van der Waals surface area contributed by atoms with E-state index in [0.29, 0.717) is 0 Å². The maximum Gasteiger partial charge on any atom is 0.0956 e. The molecular weight excluding hydrogens is 188 g/mol. The lowest BCUT2D eigenvalue weighted by molar-refractivity contribution is 0.464. The van der Waals surface area contributed by atoms with Gasteiger partial charge < -0.3 is 9.80 Å². The summed E-state index contributed by atoms with van der Waals surface area (Å²) in [5, 5.41) is 0. The molecule has 86 valence electrons. The molecule has 15 heavy (non-hydrogen) atoms. The summed E-state index contributed by atoms with van der Waals surface area (Å²) in [6.07, 6.45) is 1.22. The van der Waals surface area contributed by atoms with Crippen molar-refractivity contribution in [1.29, 1.82) is 0 Å². The van der Waals surface area contributed by atoms with Gasteiger partial charge in [0.25, 0.3) is 0 Å². The first kappa shape index (κ1) is 12.0. The summed E-state index contributed by atoms with van der Waals surface area (Å²) in [7, 11) is 4.14. The average molecular weight is 210 g/mol. The van der Waals surface area contributed by atoms with Crippen LogP contribution in [0.1, 0.15) is 20.3 Å². The molecule has 0 N–H and O–H groups in total. The number of likely N-dealkylation sites (N-methyl/N-ethyl adjacent to an activating group) is 1. The van der Waals surface area contributed by atoms with Crippen molar-refractivity contribution in [2.75, 3.05) is 40.3 Å². The number of amidine groups is 2. The third-order valence-corrected chi connectivity index (χ3v) is 2.87. The van der Waals surface area contributed by atoms with Crippen molar-refractivity contribution in [2.45, 2.75) is 20.3 Å². The zero-order valence-electron chi connectivity index (χ0n) is 10.3. The van der Waals surface area contributed by atoms with Gasteiger partial charge in [-0.15, -0.1) is 0 Å². The van der Waals surface area contributed by atoms with E-state index in [-0.39, 0.29) is 0 Å². The third kappa shape index (κ3) is 3.90. The zero-order valence-corrected chi connectivity index (χ0v) is 10.3. The first-order valence-corrected chi connectivity index (χ1v) is 5.55. The van der Waals surface area contributed by atoms with Crippen molar-refractivity contribution >= 4 is 11.7 Å². The molecule has 0 spiro atoms. The molecule has 0 aromatic heterocycles. The molecule has 2 rings (SSSR count). The van der Waals surface area contributed by atoms with E-state index in [0.717, 1.165) is 19.6 Å². The molecule has 2 heterocycles. The minimum atomic E-state index is 0.988. The molecule has 2 aliphatic rings. The van der Waals surface area contributed by atoms with Gasteiger partial charge in [-0.25, -0.2) is 0 Å². The van der Waals surface area contributed by atoms with Crippen LogP contribution in [0.4, 0.5) is 0 Å². The molecule has 0 aromatic rings. The van der Waals surface area contributed by atoms with E-state index in [1.165, 1.54) is 24.6 Å². The summed E-state index contributed by atoms with van der Waals surface area (Å²) in [6, 6.07) is 0. The minimum absolute atomic E-state index is 0.988. The Morgan fingerprint density at radius 3 is 1.67 bits per heavy atom. The summed E-state index contributed by atoms with van der Waals surface area (Å²) >= 11 is 0. The Morgan fingerprint density at radius 2 is 1.40 bits per heavy atom. The van der Waals surface area contributed by atoms with Gasteiger partial charge in [0.05, 0.1) is 18.2 Å². The molecule has 0 saturated carbocycles. The molecule has 2 aliphatic heterocycles. The number of rotatable bonds is 0. The lowest BCUT2D eigenvalue weighted by Gasteiger charge is -2.21. The summed E-state index contributed by atoms with van der Waals surface area (Å²) in [4.78, 5) is 12.8. The largest absolute Gasteiger partial charge is 0.364 e. The van der Waals surface area contributed by atoms with Gasteiger partial charge >= 0.3 is 0 Å². The van der Waals surface area contributed by atoms with Crippen LogP contribution in [0, 0.1) is 0 Å². The van der Waals surface area contributed by atoms with Crippen LogP contribution < -0.4 is 0 Å². The molecular formula is C11H22N4. The topological polar surface area (TPSA) is 31.2 Å². The van der Waals surface area contributed by atoms with E-state index in [4.69, 9.17) is 0 Å². The Labute approximate surface area is 92.7 Å². The van der Waals surface area contributed by atoms with E-state index >= 15 is 0 Å². The first-order chi connectivity index (χ1) is 7.11. The standard InChI is InChI=1S/C6H12N2.C5H10N2/c1-6-7-4-3-5-8(6)2;1-5-6-3-4-7(5)2/h3-5H2,1-2H3;3-4H2,1-2H3. The molecule has 0 unspecified atom stereocenters. The predicted molar refractivity (Wildman–Crippen MR) is 65.8 cm³/mol. The molecule has 0 atom stereocenters. The van der Waals surface area contributed by atoms with Crippen molar-refractivity contribution in [3.63, 3.8) is 0 Å². The van der Waals surface area contributed by atoms with E-state index < -0.39 is 0 Å². The second-order valence-electron chi connectivity index (χ2n) is 4.05. The average Bonchev–Trinajstić information content (AvgIpc) is 2.57. The van der Waals surface area contributed by atoms with Crippen LogP contribution in [0.15, 0.2) is 9.98 Å². The Hall–Kier alpha value is -1.06. The smallest absolute Gasteiger partial charge is 0.0956 e. The fourth-order valence-corrected chi connectivity index (χ4v) is 1.48. The molecule has 0 saturated heterocycles. The van der Waals surface area contributed by atoms with Crippen molar-refractivity contribution in [3.05, 3.63) is 0 Å². The monoisotopic (exact) mass is 210 g/mol. The highest BCUT2D eigenvalue weighted by Gasteiger charge is 2.04. The number of aliphatic imine (C=N–C) groups is 2. The van der Waals surface area contributed by atoms with Gasteiger partial charge in [0, 0.05) is 33.7 Å². The lowest BCUT2D eigenvalue weighted by atomic mass is 10.3. The molecule has 0 aliphatic carbocycles. The zero-order chi connectivity index (χ0) is 11.3. The summed E-state index contributed by atoms with van der Waals surface area (Å²) in [5.41, 5.74) is 0. The van der Waals surface area contributed by atoms with Gasteiger partial charge in [-0.1, -0.05) is 0 Å².